The summed E-state index contributed by atoms with van der Waals surface area (Å²) in [7, 11) is -1.70. The molecule has 1 aliphatic heterocycles. The molecule has 6 heteroatoms. The van der Waals surface area contributed by atoms with E-state index in [1.807, 2.05) is 24.3 Å². The van der Waals surface area contributed by atoms with Crippen molar-refractivity contribution in [2.45, 2.75) is 37.7 Å². The number of nitrogens with zero attached hydrogens (tertiary/aromatic N) is 1. The molecular weight excluding hydrogens is 288 g/mol. The first kappa shape index (κ1) is 16.4. The SMILES string of the molecule is CN(CC1CCCCO1)S(=O)(=O)Cc1cccc(CN)c1. The molecule has 1 aromatic rings. The second-order valence-corrected chi connectivity index (χ2v) is 7.63. The van der Waals surface area contributed by atoms with E-state index in [-0.39, 0.29) is 11.9 Å². The number of rotatable bonds is 6. The van der Waals surface area contributed by atoms with E-state index >= 15 is 0 Å². The summed E-state index contributed by atoms with van der Waals surface area (Å²) in [5.74, 6) is 0.00403. The van der Waals surface area contributed by atoms with Crippen molar-refractivity contribution in [3.63, 3.8) is 0 Å². The maximum Gasteiger partial charge on any atom is 0.218 e. The van der Waals surface area contributed by atoms with Gasteiger partial charge in [-0.2, -0.15) is 0 Å². The maximum absolute atomic E-state index is 12.4. The van der Waals surface area contributed by atoms with Gasteiger partial charge in [0.25, 0.3) is 0 Å². The van der Waals surface area contributed by atoms with Crippen LogP contribution in [0, 0.1) is 0 Å². The molecule has 1 aliphatic rings. The minimum Gasteiger partial charge on any atom is -0.377 e. The quantitative estimate of drug-likeness (QED) is 0.863. The molecule has 118 valence electrons. The van der Waals surface area contributed by atoms with Gasteiger partial charge in [0.05, 0.1) is 11.9 Å². The highest BCUT2D eigenvalue weighted by molar-refractivity contribution is 7.88. The lowest BCUT2D eigenvalue weighted by Crippen LogP contribution is -2.37. The molecule has 1 fully saturated rings. The molecule has 0 bridgehead atoms. The zero-order chi connectivity index (χ0) is 15.3. The standard InChI is InChI=1S/C15H24N2O3S/c1-17(11-15-7-2-3-8-20-15)21(18,19)12-14-6-4-5-13(9-14)10-16/h4-6,9,15H,2-3,7-8,10-12,16H2,1H3. The average molecular weight is 312 g/mol. The first-order valence-corrected chi connectivity index (χ1v) is 8.95. The molecule has 0 aliphatic carbocycles. The van der Waals surface area contributed by atoms with E-state index in [1.165, 1.54) is 4.31 Å². The molecule has 2 rings (SSSR count). The summed E-state index contributed by atoms with van der Waals surface area (Å²) < 4.78 is 31.8. The molecule has 0 saturated carbocycles. The Bertz CT molecular complexity index is 554. The van der Waals surface area contributed by atoms with Crippen LogP contribution in [0.5, 0.6) is 0 Å². The highest BCUT2D eigenvalue weighted by Crippen LogP contribution is 2.17. The van der Waals surface area contributed by atoms with E-state index in [4.69, 9.17) is 10.5 Å². The number of hydrogen-bond acceptors (Lipinski definition) is 4. The average Bonchev–Trinajstić information content (AvgIpc) is 2.48. The fourth-order valence-corrected chi connectivity index (χ4v) is 3.73. The van der Waals surface area contributed by atoms with E-state index in [1.54, 1.807) is 7.05 Å². The highest BCUT2D eigenvalue weighted by atomic mass is 32.2. The lowest BCUT2D eigenvalue weighted by atomic mass is 10.1. The molecule has 0 aromatic heterocycles. The first-order valence-electron chi connectivity index (χ1n) is 7.35. The lowest BCUT2D eigenvalue weighted by molar-refractivity contribution is 0.00857. The summed E-state index contributed by atoms with van der Waals surface area (Å²) in [5.41, 5.74) is 7.31. The van der Waals surface area contributed by atoms with Crippen LogP contribution in [0.4, 0.5) is 0 Å². The van der Waals surface area contributed by atoms with Crippen LogP contribution in [0.25, 0.3) is 0 Å². The Labute approximate surface area is 127 Å². The Kier molecular flexibility index (Phi) is 5.75. The number of benzene rings is 1. The van der Waals surface area contributed by atoms with Crippen molar-refractivity contribution in [1.29, 1.82) is 0 Å². The third kappa shape index (κ3) is 4.78. The fraction of sp³-hybridized carbons (Fsp3) is 0.600. The van der Waals surface area contributed by atoms with Crippen molar-refractivity contribution in [2.24, 2.45) is 5.73 Å². The number of likely N-dealkylation sites (N-methyl/N-ethyl adjacent to an activating group) is 1. The Morgan fingerprint density at radius 2 is 2.10 bits per heavy atom. The Morgan fingerprint density at radius 1 is 1.33 bits per heavy atom. The van der Waals surface area contributed by atoms with Gasteiger partial charge in [-0.1, -0.05) is 24.3 Å². The Hall–Kier alpha value is -0.950. The number of sulfonamides is 1. The van der Waals surface area contributed by atoms with Crippen molar-refractivity contribution >= 4 is 10.0 Å². The van der Waals surface area contributed by atoms with Gasteiger partial charge in [0, 0.05) is 26.7 Å². The molecule has 0 spiro atoms. The predicted octanol–water partition coefficient (Wildman–Crippen LogP) is 1.48. The van der Waals surface area contributed by atoms with E-state index < -0.39 is 10.0 Å². The fourth-order valence-electron chi connectivity index (χ4n) is 2.52. The molecule has 1 saturated heterocycles. The van der Waals surface area contributed by atoms with Crippen molar-refractivity contribution in [3.05, 3.63) is 35.4 Å². The molecule has 21 heavy (non-hydrogen) atoms. The Balaban J connectivity index is 1.99. The normalized spacial score (nSPS) is 19.9. The van der Waals surface area contributed by atoms with Crippen molar-refractivity contribution < 1.29 is 13.2 Å². The molecule has 1 unspecified atom stereocenters. The molecule has 1 aromatic carbocycles. The van der Waals surface area contributed by atoms with Crippen LogP contribution in [0.3, 0.4) is 0 Å². The minimum atomic E-state index is -3.33. The zero-order valence-corrected chi connectivity index (χ0v) is 13.3. The molecular formula is C15H24N2O3S. The topological polar surface area (TPSA) is 72.6 Å². The summed E-state index contributed by atoms with van der Waals surface area (Å²) in [6.07, 6.45) is 3.13. The van der Waals surface area contributed by atoms with E-state index in [0.717, 1.165) is 37.0 Å². The van der Waals surface area contributed by atoms with Crippen LogP contribution in [-0.4, -0.2) is 39.0 Å². The molecule has 0 radical (unpaired) electrons. The summed E-state index contributed by atoms with van der Waals surface area (Å²) in [5, 5.41) is 0. The van der Waals surface area contributed by atoms with E-state index in [9.17, 15) is 8.42 Å². The largest absolute Gasteiger partial charge is 0.377 e. The van der Waals surface area contributed by atoms with Gasteiger partial charge in [-0.3, -0.25) is 0 Å². The van der Waals surface area contributed by atoms with Gasteiger partial charge in [-0.05, 0) is 30.4 Å². The van der Waals surface area contributed by atoms with Gasteiger partial charge >= 0.3 is 0 Å². The van der Waals surface area contributed by atoms with Crippen LogP contribution in [0.2, 0.25) is 0 Å². The summed E-state index contributed by atoms with van der Waals surface area (Å²) >= 11 is 0. The van der Waals surface area contributed by atoms with Crippen LogP contribution >= 0.6 is 0 Å². The van der Waals surface area contributed by atoms with Gasteiger partial charge in [-0.15, -0.1) is 0 Å². The maximum atomic E-state index is 12.4. The monoisotopic (exact) mass is 312 g/mol. The molecule has 1 atom stereocenters. The van der Waals surface area contributed by atoms with E-state index in [0.29, 0.717) is 13.1 Å². The predicted molar refractivity (Wildman–Crippen MR) is 83.2 cm³/mol. The highest BCUT2D eigenvalue weighted by Gasteiger charge is 2.23. The van der Waals surface area contributed by atoms with Gasteiger partial charge < -0.3 is 10.5 Å². The van der Waals surface area contributed by atoms with Crippen LogP contribution < -0.4 is 5.73 Å². The van der Waals surface area contributed by atoms with Crippen LogP contribution in [0.1, 0.15) is 30.4 Å². The Morgan fingerprint density at radius 3 is 2.76 bits per heavy atom. The zero-order valence-electron chi connectivity index (χ0n) is 12.5. The third-order valence-electron chi connectivity index (χ3n) is 3.79. The van der Waals surface area contributed by atoms with Gasteiger partial charge in [0.1, 0.15) is 0 Å². The third-order valence-corrected chi connectivity index (χ3v) is 5.58. The number of ether oxygens (including phenoxy) is 1. The van der Waals surface area contributed by atoms with Crippen molar-refractivity contribution in [2.75, 3.05) is 20.2 Å². The molecule has 2 N–H and O–H groups in total. The van der Waals surface area contributed by atoms with E-state index in [2.05, 4.69) is 0 Å². The molecule has 1 heterocycles. The second kappa shape index (κ2) is 7.35. The summed E-state index contributed by atoms with van der Waals surface area (Å²) in [6, 6.07) is 7.41. The van der Waals surface area contributed by atoms with Gasteiger partial charge in [0.2, 0.25) is 10.0 Å². The first-order chi connectivity index (χ1) is 10.0. The van der Waals surface area contributed by atoms with Gasteiger partial charge in [0.15, 0.2) is 0 Å². The van der Waals surface area contributed by atoms with Crippen molar-refractivity contribution in [1.82, 2.24) is 4.31 Å². The summed E-state index contributed by atoms with van der Waals surface area (Å²) in [6.45, 7) is 1.58. The lowest BCUT2D eigenvalue weighted by Gasteiger charge is -2.27. The van der Waals surface area contributed by atoms with Gasteiger partial charge in [-0.25, -0.2) is 12.7 Å². The molecule has 5 nitrogen and oxygen atoms in total. The molecule has 0 amide bonds. The summed E-state index contributed by atoms with van der Waals surface area (Å²) in [4.78, 5) is 0. The second-order valence-electron chi connectivity index (χ2n) is 5.55. The minimum absolute atomic E-state index is 0.00403. The van der Waals surface area contributed by atoms with Crippen LogP contribution in [-0.2, 0) is 27.1 Å². The number of nitrogens with two attached hydrogens (primary N) is 1. The number of hydrogen-bond donors (Lipinski definition) is 1. The smallest absolute Gasteiger partial charge is 0.218 e. The van der Waals surface area contributed by atoms with Crippen molar-refractivity contribution in [3.8, 4) is 0 Å². The van der Waals surface area contributed by atoms with Crippen LogP contribution in [0.15, 0.2) is 24.3 Å².